The van der Waals surface area contributed by atoms with Crippen LogP contribution in [0.2, 0.25) is 5.02 Å². The topological polar surface area (TPSA) is 167 Å². The van der Waals surface area contributed by atoms with Crippen LogP contribution < -0.4 is 10.6 Å². The molecule has 206 valence electrons. The number of rotatable bonds is 6. The molecule has 4 aromatic rings. The third-order valence-corrected chi connectivity index (χ3v) is 6.23. The van der Waals surface area contributed by atoms with Crippen molar-refractivity contribution in [3.63, 3.8) is 0 Å². The third-order valence-electron chi connectivity index (χ3n) is 5.05. The van der Waals surface area contributed by atoms with E-state index < -0.39 is 33.6 Å². The first kappa shape index (κ1) is 29.4. The molecule has 0 bridgehead atoms. The van der Waals surface area contributed by atoms with E-state index in [0.29, 0.717) is 29.5 Å². The summed E-state index contributed by atoms with van der Waals surface area (Å²) in [5.41, 5.74) is 1.42. The average molecular weight is 582 g/mol. The molecule has 0 aliphatic carbocycles. The van der Waals surface area contributed by atoms with Gasteiger partial charge >= 0.3 is 0 Å². The fourth-order valence-electron chi connectivity index (χ4n) is 3.09. The number of nitrogens with one attached hydrogen (secondary N) is 3. The Morgan fingerprint density at radius 3 is 2.28 bits per heavy atom. The molecule has 0 aliphatic rings. The third kappa shape index (κ3) is 7.92. The first-order valence-corrected chi connectivity index (χ1v) is 12.8. The monoisotopic (exact) mass is 581 g/mol. The number of nitrogens with zero attached hydrogens (tertiary/aromatic N) is 2. The van der Waals surface area contributed by atoms with E-state index in [4.69, 9.17) is 20.6 Å². The number of carbonyl (C=O) groups excluding carboxylic acids is 2. The summed E-state index contributed by atoms with van der Waals surface area (Å²) in [6, 6.07) is 8.64. The highest BCUT2D eigenvalue weighted by Gasteiger charge is 2.18. The summed E-state index contributed by atoms with van der Waals surface area (Å²) in [5.74, 6) is -2.67. The number of benzene rings is 2. The van der Waals surface area contributed by atoms with Gasteiger partial charge < -0.3 is 15.1 Å². The van der Waals surface area contributed by atoms with Crippen molar-refractivity contribution in [2.45, 2.75) is 32.2 Å². The minimum atomic E-state index is -4.02. The van der Waals surface area contributed by atoms with Gasteiger partial charge in [-0.1, -0.05) is 29.3 Å². The molecule has 39 heavy (non-hydrogen) atoms. The van der Waals surface area contributed by atoms with E-state index in [9.17, 15) is 26.8 Å². The molecule has 0 atom stereocenters. The summed E-state index contributed by atoms with van der Waals surface area (Å²) in [6.45, 7) is 5.41. The summed E-state index contributed by atoms with van der Waals surface area (Å²) >= 11 is 5.76. The number of carbonyl (C=O) groups is 2. The zero-order chi connectivity index (χ0) is 28.9. The molecule has 15 heteroatoms. The molecule has 4 N–H and O–H groups in total. The van der Waals surface area contributed by atoms with E-state index in [1.165, 1.54) is 18.2 Å². The van der Waals surface area contributed by atoms with Crippen LogP contribution in [0.15, 0.2) is 51.8 Å². The van der Waals surface area contributed by atoms with Crippen molar-refractivity contribution < 1.29 is 35.8 Å². The van der Waals surface area contributed by atoms with Crippen molar-refractivity contribution in [2.75, 3.05) is 5.32 Å². The minimum absolute atomic E-state index is 0.00244. The second kappa shape index (κ2) is 12.1. The first-order chi connectivity index (χ1) is 18.2. The minimum Gasteiger partial charge on any atom is -0.444 e. The van der Waals surface area contributed by atoms with Crippen LogP contribution in [-0.2, 0) is 16.7 Å². The number of hydrogen-bond acceptors (Lipinski definition) is 7. The molecular weight excluding hydrogens is 560 g/mol. The Hall–Kier alpha value is -4.14. The quantitative estimate of drug-likeness (QED) is 0.192. The normalized spacial score (nSPS) is 10.9. The highest BCUT2D eigenvalue weighted by atomic mass is 35.5. The predicted molar refractivity (Wildman–Crippen MR) is 136 cm³/mol. The molecule has 0 saturated carbocycles. The largest absolute Gasteiger partial charge is 0.444 e. The fourth-order valence-corrected chi connectivity index (χ4v) is 3.80. The summed E-state index contributed by atoms with van der Waals surface area (Å²) in [5, 5.41) is 11.0. The number of aryl methyl sites for hydroxylation is 3. The van der Waals surface area contributed by atoms with Gasteiger partial charge in [0.1, 0.15) is 11.5 Å². The van der Waals surface area contributed by atoms with E-state index in [-0.39, 0.29) is 33.5 Å². The van der Waals surface area contributed by atoms with Crippen LogP contribution in [-0.4, -0.2) is 40.0 Å². The Balaban J connectivity index is 0.000000320. The lowest BCUT2D eigenvalue weighted by Crippen LogP contribution is -2.23. The number of amides is 2. The highest BCUT2D eigenvalue weighted by Crippen LogP contribution is 2.21. The Kier molecular flexibility index (Phi) is 9.16. The Bertz CT molecular complexity index is 1620. The molecule has 0 saturated heterocycles. The maximum atomic E-state index is 13.3. The summed E-state index contributed by atoms with van der Waals surface area (Å²) < 4.78 is 61.3. The molecule has 0 spiro atoms. The number of halogens is 3. The molecule has 0 aliphatic heterocycles. The number of hydrogen-bond donors (Lipinski definition) is 4. The Morgan fingerprint density at radius 1 is 1.05 bits per heavy atom. The smallest absolute Gasteiger partial charge is 0.294 e. The summed E-state index contributed by atoms with van der Waals surface area (Å²) in [6.07, 6.45) is 0. The van der Waals surface area contributed by atoms with E-state index in [1.54, 1.807) is 26.0 Å². The molecule has 2 heterocycles. The molecule has 4 rings (SSSR count). The molecule has 0 fully saturated rings. The first-order valence-electron chi connectivity index (χ1n) is 11.0. The van der Waals surface area contributed by atoms with Crippen LogP contribution in [0.1, 0.15) is 43.8 Å². The van der Waals surface area contributed by atoms with Gasteiger partial charge in [0.05, 0.1) is 27.7 Å². The summed E-state index contributed by atoms with van der Waals surface area (Å²) in [4.78, 5) is 28.4. The molecular formula is C24H22ClF2N5O6S. The molecule has 0 unspecified atom stereocenters. The van der Waals surface area contributed by atoms with E-state index in [2.05, 4.69) is 25.8 Å². The number of aromatic nitrogens is 3. The lowest BCUT2D eigenvalue weighted by Gasteiger charge is -2.05. The van der Waals surface area contributed by atoms with Crippen LogP contribution >= 0.6 is 11.6 Å². The van der Waals surface area contributed by atoms with Gasteiger partial charge in [0.15, 0.2) is 23.3 Å². The van der Waals surface area contributed by atoms with Gasteiger partial charge in [-0.05, 0) is 38.1 Å². The van der Waals surface area contributed by atoms with E-state index in [0.717, 1.165) is 5.56 Å². The van der Waals surface area contributed by atoms with Gasteiger partial charge in [-0.15, -0.1) is 0 Å². The lowest BCUT2D eigenvalue weighted by molar-refractivity contribution is 0.0942. The maximum absolute atomic E-state index is 13.3. The van der Waals surface area contributed by atoms with Crippen molar-refractivity contribution in [3.05, 3.63) is 93.3 Å². The van der Waals surface area contributed by atoms with Crippen LogP contribution in [0.4, 0.5) is 14.6 Å². The number of H-pyrrole nitrogens is 1. The van der Waals surface area contributed by atoms with E-state index >= 15 is 0 Å². The second-order valence-electron chi connectivity index (χ2n) is 8.08. The zero-order valence-electron chi connectivity index (χ0n) is 20.7. The van der Waals surface area contributed by atoms with Gasteiger partial charge in [-0.3, -0.25) is 19.2 Å². The fraction of sp³-hybridized carbons (Fsp3) is 0.167. The average Bonchev–Trinajstić information content (AvgIpc) is 3.45. The predicted octanol–water partition coefficient (Wildman–Crippen LogP) is 4.37. The number of anilines is 1. The zero-order valence-corrected chi connectivity index (χ0v) is 22.2. The SMILES string of the molecule is Cc1ccc(S(=O)(=O)O)cc1.Cc1nc(C)c(CNC(=O)c2cc(NC(=O)c3cc(F)c(F)cc3Cl)n[nH]2)o1. The van der Waals surface area contributed by atoms with Crippen molar-refractivity contribution >= 4 is 39.4 Å². The molecule has 2 aromatic carbocycles. The van der Waals surface area contributed by atoms with Gasteiger partial charge in [0.2, 0.25) is 0 Å². The molecule has 0 radical (unpaired) electrons. The lowest BCUT2D eigenvalue weighted by atomic mass is 10.2. The Morgan fingerprint density at radius 2 is 1.69 bits per heavy atom. The van der Waals surface area contributed by atoms with E-state index in [1.807, 2.05) is 6.92 Å². The van der Waals surface area contributed by atoms with Crippen LogP contribution in [0.3, 0.4) is 0 Å². The van der Waals surface area contributed by atoms with Crippen LogP contribution in [0.5, 0.6) is 0 Å². The standard InChI is InChI=1S/C17H14ClF2N5O3.C7H8O3S/c1-7-14(28-8(2)22-7)6-21-17(27)13-5-15(25-24-13)23-16(26)9-3-11(19)12(20)4-10(9)18;1-6-2-4-7(5-3-6)11(8,9)10/h3-5H,6H2,1-2H3,(H,21,27)(H2,23,24,25,26);2-5H,1H3,(H,8,9,10). The van der Waals surface area contributed by atoms with Crippen molar-refractivity contribution in [2.24, 2.45) is 0 Å². The van der Waals surface area contributed by atoms with Gasteiger partial charge in [0.25, 0.3) is 21.9 Å². The van der Waals surface area contributed by atoms with Crippen molar-refractivity contribution in [3.8, 4) is 0 Å². The second-order valence-corrected chi connectivity index (χ2v) is 9.91. The van der Waals surface area contributed by atoms with Crippen molar-refractivity contribution in [1.82, 2.24) is 20.5 Å². The van der Waals surface area contributed by atoms with Gasteiger partial charge in [-0.2, -0.15) is 13.5 Å². The molecule has 2 amide bonds. The Labute approximate surface area is 226 Å². The van der Waals surface area contributed by atoms with Crippen LogP contribution in [0, 0.1) is 32.4 Å². The molecule has 11 nitrogen and oxygen atoms in total. The molecule has 2 aromatic heterocycles. The maximum Gasteiger partial charge on any atom is 0.294 e. The number of aromatic amines is 1. The van der Waals surface area contributed by atoms with Gasteiger partial charge in [0, 0.05) is 13.0 Å². The van der Waals surface area contributed by atoms with Crippen LogP contribution in [0.25, 0.3) is 0 Å². The van der Waals surface area contributed by atoms with Gasteiger partial charge in [-0.25, -0.2) is 13.8 Å². The van der Waals surface area contributed by atoms with Crippen molar-refractivity contribution in [1.29, 1.82) is 0 Å². The summed E-state index contributed by atoms with van der Waals surface area (Å²) in [7, 11) is -4.02. The highest BCUT2D eigenvalue weighted by molar-refractivity contribution is 7.85. The number of oxazole rings is 1.